The third-order valence-electron chi connectivity index (χ3n) is 3.34. The van der Waals surface area contributed by atoms with E-state index in [0.717, 1.165) is 29.3 Å². The molecular weight excluding hydrogens is 246 g/mol. The predicted octanol–water partition coefficient (Wildman–Crippen LogP) is 5.67. The van der Waals surface area contributed by atoms with Crippen molar-refractivity contribution in [2.45, 2.75) is 60.8 Å². The quantitative estimate of drug-likeness (QED) is 0.720. The molecule has 1 aromatic carbocycles. The van der Waals surface area contributed by atoms with E-state index in [1.807, 2.05) is 13.8 Å². The number of aryl methyl sites for hydroxylation is 3. The fourth-order valence-electron chi connectivity index (χ4n) is 2.07. The van der Waals surface area contributed by atoms with Gasteiger partial charge in [-0.2, -0.15) is 0 Å². The lowest BCUT2D eigenvalue weighted by Gasteiger charge is -2.02. The Morgan fingerprint density at radius 1 is 1.10 bits per heavy atom. The third kappa shape index (κ3) is 3.50. The number of aromatic nitrogens is 1. The van der Waals surface area contributed by atoms with Crippen LogP contribution in [0.5, 0.6) is 0 Å². The Morgan fingerprint density at radius 3 is 2.20 bits per heavy atom. The van der Waals surface area contributed by atoms with Gasteiger partial charge in [-0.15, -0.1) is 0 Å². The molecule has 2 aromatic rings. The summed E-state index contributed by atoms with van der Waals surface area (Å²) in [7, 11) is 0. The van der Waals surface area contributed by atoms with E-state index in [4.69, 9.17) is 4.42 Å². The van der Waals surface area contributed by atoms with Crippen LogP contribution in [0.1, 0.15) is 63.1 Å². The normalized spacial score (nSPS) is 10.4. The summed E-state index contributed by atoms with van der Waals surface area (Å²) < 4.78 is 5.94. The standard InChI is InChI=1S/C16H21NO.C2H6/c1-6-14-15(10(2)3)18-16(17-14)13-8-7-11(4)12(5)9-13;1-2/h7-10H,6H2,1-5H3;1-2H3. The van der Waals surface area contributed by atoms with Crippen LogP contribution in [-0.4, -0.2) is 4.98 Å². The van der Waals surface area contributed by atoms with Crippen molar-refractivity contribution in [3.05, 3.63) is 40.8 Å². The lowest BCUT2D eigenvalue weighted by Crippen LogP contribution is -1.90. The molecule has 20 heavy (non-hydrogen) atoms. The highest BCUT2D eigenvalue weighted by Crippen LogP contribution is 2.28. The second-order valence-corrected chi connectivity index (χ2v) is 5.14. The molecule has 0 saturated heterocycles. The molecule has 1 aromatic heterocycles. The summed E-state index contributed by atoms with van der Waals surface area (Å²) in [6.07, 6.45) is 0.919. The van der Waals surface area contributed by atoms with E-state index in [1.54, 1.807) is 0 Å². The van der Waals surface area contributed by atoms with E-state index in [-0.39, 0.29) is 0 Å². The van der Waals surface area contributed by atoms with E-state index in [2.05, 4.69) is 57.8 Å². The maximum absolute atomic E-state index is 5.94. The Hall–Kier alpha value is -1.57. The number of hydrogen-bond donors (Lipinski definition) is 0. The van der Waals surface area contributed by atoms with Gasteiger partial charge in [0.1, 0.15) is 5.76 Å². The highest BCUT2D eigenvalue weighted by molar-refractivity contribution is 5.56. The molecule has 0 unspecified atom stereocenters. The van der Waals surface area contributed by atoms with Crippen molar-refractivity contribution in [1.29, 1.82) is 0 Å². The molecule has 0 spiro atoms. The average Bonchev–Trinajstić information content (AvgIpc) is 2.88. The van der Waals surface area contributed by atoms with Gasteiger partial charge in [-0.3, -0.25) is 0 Å². The van der Waals surface area contributed by atoms with Gasteiger partial charge in [0.25, 0.3) is 0 Å². The van der Waals surface area contributed by atoms with E-state index < -0.39 is 0 Å². The fraction of sp³-hybridized carbons (Fsp3) is 0.500. The Morgan fingerprint density at radius 2 is 1.75 bits per heavy atom. The van der Waals surface area contributed by atoms with Gasteiger partial charge in [0.15, 0.2) is 0 Å². The van der Waals surface area contributed by atoms with Crippen LogP contribution in [-0.2, 0) is 6.42 Å². The van der Waals surface area contributed by atoms with E-state index in [9.17, 15) is 0 Å². The zero-order chi connectivity index (χ0) is 15.3. The van der Waals surface area contributed by atoms with Gasteiger partial charge in [-0.25, -0.2) is 4.98 Å². The van der Waals surface area contributed by atoms with Gasteiger partial charge < -0.3 is 4.42 Å². The predicted molar refractivity (Wildman–Crippen MR) is 86.2 cm³/mol. The first-order valence-corrected chi connectivity index (χ1v) is 7.60. The first-order valence-electron chi connectivity index (χ1n) is 7.60. The topological polar surface area (TPSA) is 26.0 Å². The summed E-state index contributed by atoms with van der Waals surface area (Å²) in [4.78, 5) is 4.62. The highest BCUT2D eigenvalue weighted by Gasteiger charge is 2.16. The van der Waals surface area contributed by atoms with Crippen molar-refractivity contribution in [2.75, 3.05) is 0 Å². The Balaban J connectivity index is 0.000000956. The van der Waals surface area contributed by atoms with E-state index in [0.29, 0.717) is 5.92 Å². The van der Waals surface area contributed by atoms with Crippen LogP contribution >= 0.6 is 0 Å². The van der Waals surface area contributed by atoms with Crippen molar-refractivity contribution in [3.8, 4) is 11.5 Å². The van der Waals surface area contributed by atoms with Gasteiger partial charge in [-0.1, -0.05) is 40.7 Å². The Labute approximate surface area is 123 Å². The minimum atomic E-state index is 0.382. The lowest BCUT2D eigenvalue weighted by molar-refractivity contribution is 0.491. The maximum Gasteiger partial charge on any atom is 0.226 e. The van der Waals surface area contributed by atoms with Crippen molar-refractivity contribution >= 4 is 0 Å². The zero-order valence-electron chi connectivity index (χ0n) is 13.9. The molecule has 0 aliphatic rings. The van der Waals surface area contributed by atoms with Crippen LogP contribution in [0.2, 0.25) is 0 Å². The minimum Gasteiger partial charge on any atom is -0.441 e. The van der Waals surface area contributed by atoms with E-state index in [1.165, 1.54) is 11.1 Å². The molecule has 0 aliphatic carbocycles. The average molecular weight is 273 g/mol. The lowest BCUT2D eigenvalue weighted by atomic mass is 10.1. The van der Waals surface area contributed by atoms with Crippen LogP contribution in [0, 0.1) is 13.8 Å². The van der Waals surface area contributed by atoms with Gasteiger partial charge in [-0.05, 0) is 43.5 Å². The second-order valence-electron chi connectivity index (χ2n) is 5.14. The highest BCUT2D eigenvalue weighted by atomic mass is 16.4. The summed E-state index contributed by atoms with van der Waals surface area (Å²) in [5, 5.41) is 0. The van der Waals surface area contributed by atoms with Crippen molar-refractivity contribution in [3.63, 3.8) is 0 Å². The Bertz CT molecular complexity index is 553. The first kappa shape index (κ1) is 16.5. The van der Waals surface area contributed by atoms with Gasteiger partial charge in [0.05, 0.1) is 5.69 Å². The molecule has 110 valence electrons. The molecule has 0 aliphatic heterocycles. The second kappa shape index (κ2) is 7.28. The molecule has 0 radical (unpaired) electrons. The number of rotatable bonds is 3. The molecule has 0 N–H and O–H groups in total. The SMILES string of the molecule is CC.CCc1nc(-c2ccc(C)c(C)c2)oc1C(C)C. The molecule has 1 heterocycles. The van der Waals surface area contributed by atoms with E-state index >= 15 is 0 Å². The molecular formula is C18H27NO. The molecule has 2 nitrogen and oxygen atoms in total. The van der Waals surface area contributed by atoms with Gasteiger partial charge in [0.2, 0.25) is 5.89 Å². The van der Waals surface area contributed by atoms with Gasteiger partial charge >= 0.3 is 0 Å². The molecule has 0 saturated carbocycles. The van der Waals surface area contributed by atoms with Crippen LogP contribution in [0.4, 0.5) is 0 Å². The number of hydrogen-bond acceptors (Lipinski definition) is 2. The summed E-state index contributed by atoms with van der Waals surface area (Å²) in [6.45, 7) is 14.6. The maximum atomic E-state index is 5.94. The smallest absolute Gasteiger partial charge is 0.226 e. The van der Waals surface area contributed by atoms with Crippen LogP contribution < -0.4 is 0 Å². The van der Waals surface area contributed by atoms with Gasteiger partial charge in [0, 0.05) is 11.5 Å². The van der Waals surface area contributed by atoms with Crippen molar-refractivity contribution in [1.82, 2.24) is 4.98 Å². The molecule has 0 atom stereocenters. The third-order valence-corrected chi connectivity index (χ3v) is 3.34. The fourth-order valence-corrected chi connectivity index (χ4v) is 2.07. The number of nitrogens with zero attached hydrogens (tertiary/aromatic N) is 1. The molecule has 0 bridgehead atoms. The number of oxazole rings is 1. The molecule has 0 fully saturated rings. The molecule has 2 rings (SSSR count). The Kier molecular flexibility index (Phi) is 6.00. The monoisotopic (exact) mass is 273 g/mol. The molecule has 2 heteroatoms. The van der Waals surface area contributed by atoms with Crippen molar-refractivity contribution < 1.29 is 4.42 Å². The first-order chi connectivity index (χ1) is 9.52. The van der Waals surface area contributed by atoms with Crippen LogP contribution in [0.3, 0.4) is 0 Å². The minimum absolute atomic E-state index is 0.382. The molecule has 0 amide bonds. The van der Waals surface area contributed by atoms with Crippen LogP contribution in [0.15, 0.2) is 22.6 Å². The zero-order valence-corrected chi connectivity index (χ0v) is 13.9. The summed E-state index contributed by atoms with van der Waals surface area (Å²) in [5.41, 5.74) is 4.72. The van der Waals surface area contributed by atoms with Crippen molar-refractivity contribution in [2.24, 2.45) is 0 Å². The summed E-state index contributed by atoms with van der Waals surface area (Å²) in [6, 6.07) is 6.35. The number of benzene rings is 1. The largest absolute Gasteiger partial charge is 0.441 e. The summed E-state index contributed by atoms with van der Waals surface area (Å²) in [5.74, 6) is 2.15. The van der Waals surface area contributed by atoms with Crippen LogP contribution in [0.25, 0.3) is 11.5 Å². The summed E-state index contributed by atoms with van der Waals surface area (Å²) >= 11 is 0.